The van der Waals surface area contributed by atoms with E-state index in [2.05, 4.69) is 29.0 Å². The van der Waals surface area contributed by atoms with E-state index in [9.17, 15) is 0 Å². The van der Waals surface area contributed by atoms with Gasteiger partial charge in [0.2, 0.25) is 0 Å². The molecule has 1 saturated heterocycles. The molecule has 1 aromatic rings. The molecule has 88 valence electrons. The fourth-order valence-electron chi connectivity index (χ4n) is 2.35. The molecule has 0 bridgehead atoms. The van der Waals surface area contributed by atoms with E-state index in [-0.39, 0.29) is 0 Å². The van der Waals surface area contributed by atoms with E-state index in [0.717, 1.165) is 25.2 Å². The van der Waals surface area contributed by atoms with Crippen LogP contribution in [-0.2, 0) is 6.54 Å². The van der Waals surface area contributed by atoms with Gasteiger partial charge in [-0.2, -0.15) is 0 Å². The molecule has 1 fully saturated rings. The lowest BCUT2D eigenvalue weighted by atomic mass is 10.1. The Hall–Kier alpha value is -0.640. The molecule has 1 aromatic heterocycles. The second kappa shape index (κ2) is 5.13. The van der Waals surface area contributed by atoms with Gasteiger partial charge in [-0.1, -0.05) is 17.7 Å². The Kier molecular flexibility index (Phi) is 3.79. The van der Waals surface area contributed by atoms with Crippen LogP contribution in [0.3, 0.4) is 0 Å². The molecular weight excluding hydrogens is 222 g/mol. The Bertz CT molecular complexity index is 346. The highest BCUT2D eigenvalue weighted by Gasteiger charge is 2.21. The van der Waals surface area contributed by atoms with Crippen molar-refractivity contribution in [3.05, 3.63) is 29.0 Å². The normalized spacial score (nSPS) is 26.9. The number of aromatic nitrogens is 1. The van der Waals surface area contributed by atoms with E-state index in [4.69, 9.17) is 11.6 Å². The first-order chi connectivity index (χ1) is 7.65. The first-order valence-corrected chi connectivity index (χ1v) is 6.10. The molecule has 2 heterocycles. The quantitative estimate of drug-likeness (QED) is 0.800. The second-order valence-electron chi connectivity index (χ2n) is 4.62. The summed E-state index contributed by atoms with van der Waals surface area (Å²) in [5.74, 6) is 0. The van der Waals surface area contributed by atoms with Gasteiger partial charge in [-0.15, -0.1) is 0 Å². The largest absolute Gasteiger partial charge is 0.309 e. The Labute approximate surface area is 102 Å². The highest BCUT2D eigenvalue weighted by molar-refractivity contribution is 6.30. The third-order valence-electron chi connectivity index (χ3n) is 2.86. The predicted molar refractivity (Wildman–Crippen MR) is 66.6 cm³/mol. The summed E-state index contributed by atoms with van der Waals surface area (Å²) in [5.41, 5.74) is 1.12. The minimum Gasteiger partial charge on any atom is -0.309 e. The summed E-state index contributed by atoms with van der Waals surface area (Å²) in [5, 5.41) is 4.15. The van der Waals surface area contributed by atoms with Crippen molar-refractivity contribution >= 4 is 11.6 Å². The molecule has 0 spiro atoms. The van der Waals surface area contributed by atoms with E-state index < -0.39 is 0 Å². The molecule has 3 nitrogen and oxygen atoms in total. The molecule has 4 heteroatoms. The van der Waals surface area contributed by atoms with Crippen LogP contribution in [-0.4, -0.2) is 35.1 Å². The average Bonchev–Trinajstić information content (AvgIpc) is 2.20. The summed E-state index contributed by atoms with van der Waals surface area (Å²) in [6, 6.07) is 5.07. The van der Waals surface area contributed by atoms with Gasteiger partial charge in [0.05, 0.1) is 0 Å². The number of pyridine rings is 1. The zero-order valence-electron chi connectivity index (χ0n) is 9.78. The van der Waals surface area contributed by atoms with E-state index in [1.807, 2.05) is 12.1 Å². The number of hydrogen-bond donors (Lipinski definition) is 1. The third-order valence-corrected chi connectivity index (χ3v) is 3.20. The van der Waals surface area contributed by atoms with Gasteiger partial charge in [0.15, 0.2) is 0 Å². The topological polar surface area (TPSA) is 28.2 Å². The Balaban J connectivity index is 2.02. The fraction of sp³-hybridized carbons (Fsp3) is 0.583. The zero-order chi connectivity index (χ0) is 11.5. The molecule has 2 atom stereocenters. The van der Waals surface area contributed by atoms with Crippen LogP contribution in [0.15, 0.2) is 18.3 Å². The minimum atomic E-state index is 0.541. The van der Waals surface area contributed by atoms with Crippen LogP contribution in [0.1, 0.15) is 19.4 Å². The van der Waals surface area contributed by atoms with Crippen LogP contribution < -0.4 is 5.32 Å². The van der Waals surface area contributed by atoms with Gasteiger partial charge >= 0.3 is 0 Å². The van der Waals surface area contributed by atoms with Gasteiger partial charge in [-0.05, 0) is 19.9 Å². The van der Waals surface area contributed by atoms with Crippen LogP contribution in [0.2, 0.25) is 5.15 Å². The number of nitrogens with one attached hydrogen (secondary N) is 1. The summed E-state index contributed by atoms with van der Waals surface area (Å²) in [6.45, 7) is 7.45. The monoisotopic (exact) mass is 239 g/mol. The van der Waals surface area contributed by atoms with E-state index in [0.29, 0.717) is 17.2 Å². The zero-order valence-corrected chi connectivity index (χ0v) is 10.5. The van der Waals surface area contributed by atoms with Crippen LogP contribution in [0, 0.1) is 0 Å². The molecule has 1 aliphatic heterocycles. The number of piperazine rings is 1. The van der Waals surface area contributed by atoms with Crippen molar-refractivity contribution in [2.75, 3.05) is 13.1 Å². The van der Waals surface area contributed by atoms with Gasteiger partial charge in [0.1, 0.15) is 5.15 Å². The lowest BCUT2D eigenvalue weighted by molar-refractivity contribution is 0.166. The molecule has 0 radical (unpaired) electrons. The Morgan fingerprint density at radius 2 is 2.12 bits per heavy atom. The van der Waals surface area contributed by atoms with Crippen LogP contribution in [0.25, 0.3) is 0 Å². The predicted octanol–water partition coefficient (Wildman–Crippen LogP) is 1.92. The first-order valence-electron chi connectivity index (χ1n) is 5.73. The third kappa shape index (κ3) is 2.94. The van der Waals surface area contributed by atoms with Gasteiger partial charge in [0, 0.05) is 43.5 Å². The first kappa shape index (κ1) is 11.8. The van der Waals surface area contributed by atoms with Crippen molar-refractivity contribution in [1.29, 1.82) is 0 Å². The average molecular weight is 240 g/mol. The molecule has 0 saturated carbocycles. The number of halogens is 1. The lowest BCUT2D eigenvalue weighted by Crippen LogP contribution is -2.53. The van der Waals surface area contributed by atoms with E-state index in [1.165, 1.54) is 0 Å². The summed E-state index contributed by atoms with van der Waals surface area (Å²) < 4.78 is 0. The van der Waals surface area contributed by atoms with Gasteiger partial charge in [-0.25, -0.2) is 4.98 Å². The molecule has 16 heavy (non-hydrogen) atoms. The van der Waals surface area contributed by atoms with Crippen molar-refractivity contribution < 1.29 is 0 Å². The summed E-state index contributed by atoms with van der Waals surface area (Å²) >= 11 is 6.06. The smallest absolute Gasteiger partial charge is 0.133 e. The molecule has 0 aromatic carbocycles. The van der Waals surface area contributed by atoms with E-state index in [1.54, 1.807) is 6.20 Å². The molecule has 0 aliphatic carbocycles. The lowest BCUT2D eigenvalue weighted by Gasteiger charge is -2.36. The SMILES string of the molecule is CC1CN(Cc2cccnc2Cl)CC(C)N1. The van der Waals surface area contributed by atoms with Gasteiger partial charge in [0.25, 0.3) is 0 Å². The second-order valence-corrected chi connectivity index (χ2v) is 4.97. The van der Waals surface area contributed by atoms with Crippen LogP contribution in [0.5, 0.6) is 0 Å². The highest BCUT2D eigenvalue weighted by Crippen LogP contribution is 2.16. The molecule has 1 N–H and O–H groups in total. The maximum absolute atomic E-state index is 6.06. The Morgan fingerprint density at radius 3 is 2.75 bits per heavy atom. The molecule has 2 rings (SSSR count). The maximum Gasteiger partial charge on any atom is 0.133 e. The summed E-state index contributed by atoms with van der Waals surface area (Å²) in [7, 11) is 0. The number of hydrogen-bond acceptors (Lipinski definition) is 3. The van der Waals surface area contributed by atoms with Crippen molar-refractivity contribution in [3.8, 4) is 0 Å². The maximum atomic E-state index is 6.06. The van der Waals surface area contributed by atoms with Crippen molar-refractivity contribution in [2.24, 2.45) is 0 Å². The van der Waals surface area contributed by atoms with Gasteiger partial charge < -0.3 is 5.32 Å². The van der Waals surface area contributed by atoms with E-state index >= 15 is 0 Å². The van der Waals surface area contributed by atoms with Crippen molar-refractivity contribution in [3.63, 3.8) is 0 Å². The van der Waals surface area contributed by atoms with Gasteiger partial charge in [-0.3, -0.25) is 4.90 Å². The number of nitrogens with zero attached hydrogens (tertiary/aromatic N) is 2. The highest BCUT2D eigenvalue weighted by atomic mass is 35.5. The van der Waals surface area contributed by atoms with Crippen molar-refractivity contribution in [1.82, 2.24) is 15.2 Å². The molecule has 2 unspecified atom stereocenters. The minimum absolute atomic E-state index is 0.541. The van der Waals surface area contributed by atoms with Crippen molar-refractivity contribution in [2.45, 2.75) is 32.5 Å². The fourth-order valence-corrected chi connectivity index (χ4v) is 2.53. The summed E-state index contributed by atoms with van der Waals surface area (Å²) in [4.78, 5) is 6.53. The van der Waals surface area contributed by atoms with Crippen LogP contribution >= 0.6 is 11.6 Å². The van der Waals surface area contributed by atoms with Crippen LogP contribution in [0.4, 0.5) is 0 Å². The Morgan fingerprint density at radius 1 is 1.44 bits per heavy atom. The summed E-state index contributed by atoms with van der Waals surface area (Å²) in [6.07, 6.45) is 1.73. The molecule has 0 amide bonds. The molecule has 1 aliphatic rings. The standard InChI is InChI=1S/C12H18ClN3/c1-9-6-16(7-10(2)15-9)8-11-4-3-5-14-12(11)13/h3-5,9-10,15H,6-8H2,1-2H3. The number of rotatable bonds is 2. The molecular formula is C12H18ClN3.